The third kappa shape index (κ3) is 3.69. The van der Waals surface area contributed by atoms with Crippen molar-refractivity contribution in [2.45, 2.75) is 40.0 Å². The number of amides is 2. The molecule has 1 aliphatic heterocycles. The molecule has 1 aliphatic rings. The molecule has 0 radical (unpaired) electrons. The minimum atomic E-state index is -0.238. The molecule has 2 N–H and O–H groups in total. The molecule has 0 aliphatic carbocycles. The number of aliphatic hydroxyl groups excluding tert-OH is 1. The summed E-state index contributed by atoms with van der Waals surface area (Å²) in [5, 5.41) is 12.4. The van der Waals surface area contributed by atoms with E-state index >= 15 is 0 Å². The Morgan fingerprint density at radius 1 is 1.42 bits per heavy atom. The van der Waals surface area contributed by atoms with E-state index in [0.717, 1.165) is 12.8 Å². The van der Waals surface area contributed by atoms with Crippen molar-refractivity contribution in [1.82, 2.24) is 10.2 Å². The minimum absolute atomic E-state index is 0.0575. The van der Waals surface area contributed by atoms with Crippen molar-refractivity contribution < 1.29 is 14.7 Å². The predicted octanol–water partition coefficient (Wildman–Crippen LogP) is 0.770. The van der Waals surface area contributed by atoms with Crippen LogP contribution in [0.25, 0.3) is 0 Å². The summed E-state index contributed by atoms with van der Waals surface area (Å²) in [6.07, 6.45) is 1.96. The molecule has 5 nitrogen and oxygen atoms in total. The van der Waals surface area contributed by atoms with Crippen molar-refractivity contribution in [2.75, 3.05) is 26.2 Å². The first-order chi connectivity index (χ1) is 9.01. The monoisotopic (exact) mass is 270 g/mol. The van der Waals surface area contributed by atoms with Gasteiger partial charge in [0.15, 0.2) is 0 Å². The molecule has 0 aromatic heterocycles. The average molecular weight is 270 g/mol. The number of likely N-dealkylation sites (tertiary alicyclic amines) is 1. The Bertz CT molecular complexity index is 318. The van der Waals surface area contributed by atoms with Crippen molar-refractivity contribution in [3.8, 4) is 0 Å². The zero-order valence-corrected chi connectivity index (χ0v) is 12.2. The highest BCUT2D eigenvalue weighted by molar-refractivity contribution is 5.89. The molecule has 0 saturated carbocycles. The summed E-state index contributed by atoms with van der Waals surface area (Å²) >= 11 is 0. The fourth-order valence-corrected chi connectivity index (χ4v) is 2.45. The molecule has 0 aromatic rings. The van der Waals surface area contributed by atoms with Gasteiger partial charge in [-0.2, -0.15) is 0 Å². The summed E-state index contributed by atoms with van der Waals surface area (Å²) in [4.78, 5) is 25.4. The molecule has 5 heteroatoms. The van der Waals surface area contributed by atoms with Gasteiger partial charge >= 0.3 is 0 Å². The maximum atomic E-state index is 12.1. The number of aliphatic hydroxyl groups is 1. The molecular weight excluding hydrogens is 244 g/mol. The molecule has 2 amide bonds. The summed E-state index contributed by atoms with van der Waals surface area (Å²) in [6.45, 7) is 7.69. The van der Waals surface area contributed by atoms with Crippen LogP contribution in [0, 0.1) is 11.3 Å². The Balaban J connectivity index is 2.50. The zero-order chi connectivity index (χ0) is 14.5. The Kier molecular flexibility index (Phi) is 5.79. The Morgan fingerprint density at radius 3 is 2.47 bits per heavy atom. The molecule has 1 unspecified atom stereocenters. The third-order valence-electron chi connectivity index (χ3n) is 4.44. The maximum absolute atomic E-state index is 12.1. The molecule has 1 heterocycles. The Hall–Kier alpha value is -1.10. The van der Waals surface area contributed by atoms with Crippen LogP contribution >= 0.6 is 0 Å². The van der Waals surface area contributed by atoms with Gasteiger partial charge in [-0.05, 0) is 19.8 Å². The smallest absolute Gasteiger partial charge is 0.225 e. The second kappa shape index (κ2) is 6.89. The minimum Gasteiger partial charge on any atom is -0.396 e. The molecule has 1 fully saturated rings. The number of carbonyl (C=O) groups excluding carboxylic acids is 2. The van der Waals surface area contributed by atoms with Crippen LogP contribution in [0.1, 0.15) is 40.0 Å². The van der Waals surface area contributed by atoms with E-state index in [-0.39, 0.29) is 29.8 Å². The van der Waals surface area contributed by atoms with E-state index in [4.69, 9.17) is 0 Å². The van der Waals surface area contributed by atoms with Crippen molar-refractivity contribution in [1.29, 1.82) is 0 Å². The lowest BCUT2D eigenvalue weighted by Crippen LogP contribution is -2.42. The van der Waals surface area contributed by atoms with Gasteiger partial charge in [0.05, 0.1) is 12.5 Å². The van der Waals surface area contributed by atoms with E-state index in [9.17, 15) is 14.7 Å². The fraction of sp³-hybridized carbons (Fsp3) is 0.857. The highest BCUT2D eigenvalue weighted by Crippen LogP contribution is 2.25. The topological polar surface area (TPSA) is 69.6 Å². The average Bonchev–Trinajstić information content (AvgIpc) is 2.82. The quantitative estimate of drug-likeness (QED) is 0.718. The van der Waals surface area contributed by atoms with E-state index in [1.54, 1.807) is 4.90 Å². The molecule has 1 rings (SSSR count). The lowest BCUT2D eigenvalue weighted by molar-refractivity contribution is -0.129. The summed E-state index contributed by atoms with van der Waals surface area (Å²) in [7, 11) is 0. The van der Waals surface area contributed by atoms with Crippen molar-refractivity contribution in [3.63, 3.8) is 0 Å². The van der Waals surface area contributed by atoms with Crippen LogP contribution in [0.3, 0.4) is 0 Å². The zero-order valence-electron chi connectivity index (χ0n) is 12.2. The van der Waals surface area contributed by atoms with Crippen LogP contribution in [0.5, 0.6) is 0 Å². The van der Waals surface area contributed by atoms with Gasteiger partial charge in [-0.25, -0.2) is 0 Å². The van der Waals surface area contributed by atoms with Gasteiger partial charge in [0.25, 0.3) is 0 Å². The van der Waals surface area contributed by atoms with Crippen molar-refractivity contribution in [2.24, 2.45) is 11.3 Å². The second-order valence-corrected chi connectivity index (χ2v) is 5.42. The summed E-state index contributed by atoms with van der Waals surface area (Å²) in [5.74, 6) is -0.247. The molecule has 110 valence electrons. The van der Waals surface area contributed by atoms with E-state index in [1.807, 2.05) is 20.8 Å². The number of nitrogens with zero attached hydrogens (tertiary/aromatic N) is 1. The molecule has 1 saturated heterocycles. The number of hydrogen-bond acceptors (Lipinski definition) is 3. The van der Waals surface area contributed by atoms with Gasteiger partial charge in [0, 0.05) is 31.5 Å². The fourth-order valence-electron chi connectivity index (χ4n) is 2.45. The van der Waals surface area contributed by atoms with Crippen LogP contribution in [0.4, 0.5) is 0 Å². The van der Waals surface area contributed by atoms with Crippen molar-refractivity contribution in [3.05, 3.63) is 0 Å². The first-order valence-electron chi connectivity index (χ1n) is 7.18. The normalized spacial score (nSPS) is 19.9. The van der Waals surface area contributed by atoms with Crippen LogP contribution in [0.2, 0.25) is 0 Å². The Labute approximate surface area is 115 Å². The molecule has 0 aromatic carbocycles. The standard InChI is InChI=1S/C14H26N2O3/c1-4-14(5-2,10-17)9-15-13(19)11-7-12(18)16(6-3)8-11/h11,17H,4-10H2,1-3H3,(H,15,19). The van der Waals surface area contributed by atoms with Gasteiger partial charge < -0.3 is 15.3 Å². The number of nitrogens with one attached hydrogen (secondary N) is 1. The van der Waals surface area contributed by atoms with Crippen molar-refractivity contribution >= 4 is 11.8 Å². The lowest BCUT2D eigenvalue weighted by Gasteiger charge is -2.30. The number of rotatable bonds is 7. The van der Waals surface area contributed by atoms with Crippen LogP contribution in [-0.4, -0.2) is 48.1 Å². The van der Waals surface area contributed by atoms with E-state index < -0.39 is 0 Å². The first-order valence-corrected chi connectivity index (χ1v) is 7.18. The number of carbonyl (C=O) groups is 2. The first kappa shape index (κ1) is 16.0. The summed E-state index contributed by atoms with van der Waals surface area (Å²) in [5.41, 5.74) is -0.233. The van der Waals surface area contributed by atoms with Crippen LogP contribution in [0.15, 0.2) is 0 Å². The molecule has 0 bridgehead atoms. The molecule has 19 heavy (non-hydrogen) atoms. The van der Waals surface area contributed by atoms with Gasteiger partial charge in [0.1, 0.15) is 0 Å². The third-order valence-corrected chi connectivity index (χ3v) is 4.44. The SMILES string of the molecule is CCN1CC(C(=O)NCC(CC)(CC)CO)CC1=O. The van der Waals surface area contributed by atoms with E-state index in [0.29, 0.717) is 26.1 Å². The summed E-state index contributed by atoms with van der Waals surface area (Å²) < 4.78 is 0. The van der Waals surface area contributed by atoms with E-state index in [2.05, 4.69) is 5.32 Å². The Morgan fingerprint density at radius 2 is 2.05 bits per heavy atom. The van der Waals surface area contributed by atoms with Crippen LogP contribution < -0.4 is 5.32 Å². The molecule has 1 atom stereocenters. The predicted molar refractivity (Wildman–Crippen MR) is 73.5 cm³/mol. The largest absolute Gasteiger partial charge is 0.396 e. The lowest BCUT2D eigenvalue weighted by atomic mass is 9.83. The van der Waals surface area contributed by atoms with Crippen LogP contribution in [-0.2, 0) is 9.59 Å². The molecule has 0 spiro atoms. The van der Waals surface area contributed by atoms with Gasteiger partial charge in [-0.1, -0.05) is 13.8 Å². The summed E-state index contributed by atoms with van der Waals surface area (Å²) in [6, 6.07) is 0. The molecular formula is C14H26N2O3. The second-order valence-electron chi connectivity index (χ2n) is 5.42. The van der Waals surface area contributed by atoms with E-state index in [1.165, 1.54) is 0 Å². The van der Waals surface area contributed by atoms with Gasteiger partial charge in [0.2, 0.25) is 11.8 Å². The highest BCUT2D eigenvalue weighted by Gasteiger charge is 2.34. The van der Waals surface area contributed by atoms with Gasteiger partial charge in [-0.15, -0.1) is 0 Å². The number of hydrogen-bond donors (Lipinski definition) is 2. The highest BCUT2D eigenvalue weighted by atomic mass is 16.3. The van der Waals surface area contributed by atoms with Gasteiger partial charge in [-0.3, -0.25) is 9.59 Å². The maximum Gasteiger partial charge on any atom is 0.225 e.